The van der Waals surface area contributed by atoms with Gasteiger partial charge in [0.05, 0.1) is 0 Å². The van der Waals surface area contributed by atoms with Crippen LogP contribution >= 0.6 is 0 Å². The summed E-state index contributed by atoms with van der Waals surface area (Å²) in [6.45, 7) is 0. The highest BCUT2D eigenvalue weighted by Gasteiger charge is 2.09. The normalized spacial score (nSPS) is 11.7. The van der Waals surface area contributed by atoms with Gasteiger partial charge in [-0.2, -0.15) is 0 Å². The van der Waals surface area contributed by atoms with Gasteiger partial charge in [-0.3, -0.25) is 9.78 Å². The number of pyridine rings is 1. The maximum absolute atomic E-state index is 10.6. The molecule has 0 fully saturated rings. The maximum atomic E-state index is 10.6. The van der Waals surface area contributed by atoms with E-state index in [1.54, 1.807) is 24.4 Å². The van der Waals surface area contributed by atoms with Crippen molar-refractivity contribution in [1.82, 2.24) is 4.98 Å². The molecule has 0 saturated carbocycles. The standard InChI is InChI=1S/C14H15N3O3/c15-14(17-20)11-4-1-3-10-9(11)7-8-16-12(10)5-2-6-13(18)19/h1,3-4,7-8,20H,2,5-6H2,(H2,15,17)(H,18,19). The molecule has 6 heteroatoms. The van der Waals surface area contributed by atoms with E-state index in [0.29, 0.717) is 18.4 Å². The Morgan fingerprint density at radius 1 is 1.30 bits per heavy atom. The molecule has 0 saturated heterocycles. The predicted octanol–water partition coefficient (Wildman–Crippen LogP) is 1.74. The molecule has 6 nitrogen and oxygen atoms in total. The number of benzene rings is 1. The van der Waals surface area contributed by atoms with Gasteiger partial charge in [-0.05, 0) is 24.3 Å². The van der Waals surface area contributed by atoms with Crippen molar-refractivity contribution in [1.29, 1.82) is 0 Å². The van der Waals surface area contributed by atoms with E-state index >= 15 is 0 Å². The molecule has 20 heavy (non-hydrogen) atoms. The number of nitrogens with two attached hydrogens (primary N) is 1. The van der Waals surface area contributed by atoms with Crippen LogP contribution in [0.25, 0.3) is 10.8 Å². The van der Waals surface area contributed by atoms with Crippen molar-refractivity contribution in [3.8, 4) is 0 Å². The summed E-state index contributed by atoms with van der Waals surface area (Å²) < 4.78 is 0. The molecular weight excluding hydrogens is 258 g/mol. The summed E-state index contributed by atoms with van der Waals surface area (Å²) >= 11 is 0. The summed E-state index contributed by atoms with van der Waals surface area (Å²) in [5.41, 5.74) is 7.10. The zero-order chi connectivity index (χ0) is 14.5. The molecule has 0 aliphatic heterocycles. The van der Waals surface area contributed by atoms with Crippen LogP contribution < -0.4 is 5.73 Å². The van der Waals surface area contributed by atoms with Crippen LogP contribution in [0.15, 0.2) is 35.6 Å². The zero-order valence-electron chi connectivity index (χ0n) is 10.8. The minimum Gasteiger partial charge on any atom is -0.481 e. The Kier molecular flexibility index (Phi) is 4.14. The molecule has 4 N–H and O–H groups in total. The molecule has 0 unspecified atom stereocenters. The SMILES string of the molecule is NC(=NO)c1cccc2c(CCCC(=O)O)nccc12. The van der Waals surface area contributed by atoms with Gasteiger partial charge in [-0.15, -0.1) is 0 Å². The highest BCUT2D eigenvalue weighted by atomic mass is 16.4. The molecule has 0 amide bonds. The first-order chi connectivity index (χ1) is 9.63. The fourth-order valence-electron chi connectivity index (χ4n) is 2.15. The molecule has 0 bridgehead atoms. The fourth-order valence-corrected chi connectivity index (χ4v) is 2.15. The molecule has 0 aliphatic rings. The number of carbonyl (C=O) groups is 1. The van der Waals surface area contributed by atoms with Crippen molar-refractivity contribution in [3.05, 3.63) is 41.7 Å². The monoisotopic (exact) mass is 273 g/mol. The van der Waals surface area contributed by atoms with E-state index in [0.717, 1.165) is 16.5 Å². The fraction of sp³-hybridized carbons (Fsp3) is 0.214. The van der Waals surface area contributed by atoms with E-state index in [1.807, 2.05) is 6.07 Å². The third-order valence-electron chi connectivity index (χ3n) is 3.08. The molecule has 0 radical (unpaired) electrons. The Morgan fingerprint density at radius 2 is 2.10 bits per heavy atom. The Balaban J connectivity index is 2.40. The number of nitrogens with zero attached hydrogens (tertiary/aromatic N) is 2. The van der Waals surface area contributed by atoms with Gasteiger partial charge in [-0.1, -0.05) is 23.4 Å². The zero-order valence-corrected chi connectivity index (χ0v) is 10.8. The highest BCUT2D eigenvalue weighted by molar-refractivity contribution is 6.09. The topological polar surface area (TPSA) is 109 Å². The number of carboxylic acid groups (broad SMARTS) is 1. The summed E-state index contributed by atoms with van der Waals surface area (Å²) in [5, 5.41) is 22.2. The molecule has 0 spiro atoms. The van der Waals surface area contributed by atoms with Gasteiger partial charge in [0.2, 0.25) is 0 Å². The highest BCUT2D eigenvalue weighted by Crippen LogP contribution is 2.22. The smallest absolute Gasteiger partial charge is 0.303 e. The van der Waals surface area contributed by atoms with Crippen molar-refractivity contribution >= 4 is 22.6 Å². The molecule has 1 heterocycles. The predicted molar refractivity (Wildman–Crippen MR) is 74.8 cm³/mol. The van der Waals surface area contributed by atoms with E-state index in [4.69, 9.17) is 16.0 Å². The van der Waals surface area contributed by atoms with Crippen LogP contribution in [-0.2, 0) is 11.2 Å². The van der Waals surface area contributed by atoms with Crippen molar-refractivity contribution in [3.63, 3.8) is 0 Å². The van der Waals surface area contributed by atoms with Gasteiger partial charge < -0.3 is 16.0 Å². The summed E-state index contributed by atoms with van der Waals surface area (Å²) in [5.74, 6) is -0.777. The van der Waals surface area contributed by atoms with Gasteiger partial charge in [0.1, 0.15) is 0 Å². The number of amidine groups is 1. The quantitative estimate of drug-likeness (QED) is 0.333. The molecule has 0 atom stereocenters. The second-order valence-corrected chi connectivity index (χ2v) is 4.39. The van der Waals surface area contributed by atoms with E-state index in [2.05, 4.69) is 10.1 Å². The first kappa shape index (κ1) is 13.8. The van der Waals surface area contributed by atoms with Gasteiger partial charge in [0.25, 0.3) is 0 Å². The lowest BCUT2D eigenvalue weighted by Crippen LogP contribution is -2.13. The molecule has 1 aromatic carbocycles. The minimum atomic E-state index is -0.817. The van der Waals surface area contributed by atoms with Crippen molar-refractivity contribution in [2.45, 2.75) is 19.3 Å². The Bertz CT molecular complexity index is 668. The Hall–Kier alpha value is -2.63. The number of aliphatic carboxylic acids is 1. The van der Waals surface area contributed by atoms with Crippen molar-refractivity contribution in [2.75, 3.05) is 0 Å². The average molecular weight is 273 g/mol. The Labute approximate surface area is 115 Å². The van der Waals surface area contributed by atoms with E-state index in [1.165, 1.54) is 0 Å². The summed E-state index contributed by atoms with van der Waals surface area (Å²) in [6, 6.07) is 7.26. The lowest BCUT2D eigenvalue weighted by Gasteiger charge is -2.08. The molecule has 0 aliphatic carbocycles. The lowest BCUT2D eigenvalue weighted by molar-refractivity contribution is -0.137. The second-order valence-electron chi connectivity index (χ2n) is 4.39. The molecule has 2 rings (SSSR count). The number of rotatable bonds is 5. The maximum Gasteiger partial charge on any atom is 0.303 e. The minimum absolute atomic E-state index is 0.0401. The number of fused-ring (bicyclic) bond motifs is 1. The number of hydrogen-bond acceptors (Lipinski definition) is 4. The molecule has 1 aromatic heterocycles. The lowest BCUT2D eigenvalue weighted by atomic mass is 10.0. The number of oxime groups is 1. The van der Waals surface area contributed by atoms with Gasteiger partial charge in [0, 0.05) is 29.3 Å². The largest absolute Gasteiger partial charge is 0.481 e. The van der Waals surface area contributed by atoms with Crippen LogP contribution in [0.2, 0.25) is 0 Å². The number of aryl methyl sites for hydroxylation is 1. The van der Waals surface area contributed by atoms with Crippen LogP contribution in [0, 0.1) is 0 Å². The summed E-state index contributed by atoms with van der Waals surface area (Å²) in [4.78, 5) is 14.8. The number of aromatic nitrogens is 1. The summed E-state index contributed by atoms with van der Waals surface area (Å²) in [6.07, 6.45) is 2.85. The van der Waals surface area contributed by atoms with Crippen LogP contribution in [0.3, 0.4) is 0 Å². The van der Waals surface area contributed by atoms with Gasteiger partial charge in [0.15, 0.2) is 5.84 Å². The van der Waals surface area contributed by atoms with Crippen LogP contribution in [0.5, 0.6) is 0 Å². The van der Waals surface area contributed by atoms with Gasteiger partial charge in [-0.25, -0.2) is 0 Å². The van der Waals surface area contributed by atoms with E-state index in [-0.39, 0.29) is 12.3 Å². The molecular formula is C14H15N3O3. The third kappa shape index (κ3) is 2.85. The molecule has 104 valence electrons. The first-order valence-electron chi connectivity index (χ1n) is 6.19. The average Bonchev–Trinajstić information content (AvgIpc) is 2.45. The van der Waals surface area contributed by atoms with E-state index in [9.17, 15) is 4.79 Å². The van der Waals surface area contributed by atoms with Gasteiger partial charge >= 0.3 is 5.97 Å². The van der Waals surface area contributed by atoms with Crippen LogP contribution in [-0.4, -0.2) is 27.1 Å². The van der Waals surface area contributed by atoms with Crippen LogP contribution in [0.1, 0.15) is 24.1 Å². The third-order valence-corrected chi connectivity index (χ3v) is 3.08. The van der Waals surface area contributed by atoms with Crippen LogP contribution in [0.4, 0.5) is 0 Å². The van der Waals surface area contributed by atoms with Crippen molar-refractivity contribution < 1.29 is 15.1 Å². The molecule has 2 aromatic rings. The van der Waals surface area contributed by atoms with Crippen molar-refractivity contribution in [2.24, 2.45) is 10.9 Å². The Morgan fingerprint density at radius 3 is 2.80 bits per heavy atom. The number of hydrogen-bond donors (Lipinski definition) is 3. The first-order valence-corrected chi connectivity index (χ1v) is 6.19. The summed E-state index contributed by atoms with van der Waals surface area (Å²) in [7, 11) is 0. The number of carboxylic acids is 1. The second kappa shape index (κ2) is 6.01. The van der Waals surface area contributed by atoms with E-state index < -0.39 is 5.97 Å².